The molecule has 0 saturated heterocycles. The lowest BCUT2D eigenvalue weighted by atomic mass is 10.1. The Hall–Kier alpha value is -2.04. The molecule has 1 aromatic rings. The summed E-state index contributed by atoms with van der Waals surface area (Å²) in [5, 5.41) is 2.64. The monoisotopic (exact) mass is 221 g/mol. The molecule has 1 aromatic carbocycles. The summed E-state index contributed by atoms with van der Waals surface area (Å²) < 4.78 is 10.00. The maximum absolute atomic E-state index is 11.5. The quantitative estimate of drug-likeness (QED) is 0.723. The number of nitrogens with one attached hydrogen (secondary N) is 1. The lowest BCUT2D eigenvalue weighted by Crippen LogP contribution is -2.13. The van der Waals surface area contributed by atoms with E-state index in [4.69, 9.17) is 4.74 Å². The average molecular weight is 221 g/mol. The second-order valence-electron chi connectivity index (χ2n) is 3.32. The molecule has 0 radical (unpaired) electrons. The van der Waals surface area contributed by atoms with Crippen molar-refractivity contribution in [3.05, 3.63) is 23.8 Å². The normalized spacial score (nSPS) is 14.2. The van der Waals surface area contributed by atoms with Gasteiger partial charge in [0.2, 0.25) is 5.91 Å². The van der Waals surface area contributed by atoms with Crippen LogP contribution in [0.25, 0.3) is 0 Å². The van der Waals surface area contributed by atoms with Crippen molar-refractivity contribution in [1.29, 1.82) is 0 Å². The summed E-state index contributed by atoms with van der Waals surface area (Å²) in [4.78, 5) is 22.8. The van der Waals surface area contributed by atoms with Gasteiger partial charge in [-0.25, -0.2) is 4.79 Å². The van der Waals surface area contributed by atoms with E-state index in [0.717, 1.165) is 0 Å². The number of benzene rings is 1. The fourth-order valence-electron chi connectivity index (χ4n) is 1.52. The summed E-state index contributed by atoms with van der Waals surface area (Å²) in [6.45, 7) is 0.309. The van der Waals surface area contributed by atoms with Crippen molar-refractivity contribution >= 4 is 17.6 Å². The molecular formula is C11H11NO4. The molecule has 0 aromatic heterocycles. The molecule has 2 rings (SSSR count). The van der Waals surface area contributed by atoms with Crippen molar-refractivity contribution < 1.29 is 19.1 Å². The highest BCUT2D eigenvalue weighted by Crippen LogP contribution is 2.30. The van der Waals surface area contributed by atoms with E-state index in [-0.39, 0.29) is 12.3 Å². The van der Waals surface area contributed by atoms with Crippen LogP contribution in [0.2, 0.25) is 0 Å². The topological polar surface area (TPSA) is 64.6 Å². The van der Waals surface area contributed by atoms with E-state index < -0.39 is 5.97 Å². The Kier molecular flexibility index (Phi) is 2.76. The van der Waals surface area contributed by atoms with Crippen molar-refractivity contribution in [2.75, 3.05) is 19.0 Å². The van der Waals surface area contributed by atoms with Crippen molar-refractivity contribution in [2.45, 2.75) is 6.42 Å². The summed E-state index contributed by atoms with van der Waals surface area (Å²) in [5.41, 5.74) is 0.687. The molecule has 1 aliphatic rings. The Bertz CT molecular complexity index is 442. The van der Waals surface area contributed by atoms with Crippen molar-refractivity contribution in [3.63, 3.8) is 0 Å². The number of rotatable bonds is 1. The number of amides is 1. The molecule has 5 nitrogen and oxygen atoms in total. The van der Waals surface area contributed by atoms with E-state index in [1.807, 2.05) is 0 Å². The summed E-state index contributed by atoms with van der Waals surface area (Å²) in [6, 6.07) is 4.97. The maximum Gasteiger partial charge on any atom is 0.340 e. The minimum Gasteiger partial charge on any atom is -0.491 e. The summed E-state index contributed by atoms with van der Waals surface area (Å²) in [6.07, 6.45) is 0.273. The molecule has 0 atom stereocenters. The second kappa shape index (κ2) is 4.22. The zero-order valence-corrected chi connectivity index (χ0v) is 8.78. The summed E-state index contributed by atoms with van der Waals surface area (Å²) >= 11 is 0. The van der Waals surface area contributed by atoms with E-state index in [9.17, 15) is 9.59 Å². The van der Waals surface area contributed by atoms with Crippen LogP contribution < -0.4 is 10.1 Å². The van der Waals surface area contributed by atoms with Crippen LogP contribution in [0, 0.1) is 0 Å². The van der Waals surface area contributed by atoms with E-state index in [1.165, 1.54) is 7.11 Å². The Balaban J connectivity index is 2.48. The average Bonchev–Trinajstić information content (AvgIpc) is 2.48. The van der Waals surface area contributed by atoms with E-state index in [1.54, 1.807) is 18.2 Å². The van der Waals surface area contributed by atoms with E-state index in [2.05, 4.69) is 10.1 Å². The van der Waals surface area contributed by atoms with Gasteiger partial charge < -0.3 is 14.8 Å². The number of carbonyl (C=O) groups is 2. The van der Waals surface area contributed by atoms with Crippen LogP contribution in [0.5, 0.6) is 5.75 Å². The van der Waals surface area contributed by atoms with Crippen LogP contribution in [0.3, 0.4) is 0 Å². The van der Waals surface area contributed by atoms with Crippen LogP contribution in [0.15, 0.2) is 18.2 Å². The number of hydrogen-bond donors (Lipinski definition) is 1. The van der Waals surface area contributed by atoms with Crippen LogP contribution in [0.1, 0.15) is 16.8 Å². The third kappa shape index (κ3) is 1.84. The van der Waals surface area contributed by atoms with Crippen molar-refractivity contribution in [3.8, 4) is 5.75 Å². The third-order valence-electron chi connectivity index (χ3n) is 2.28. The summed E-state index contributed by atoms with van der Waals surface area (Å²) in [5.74, 6) is -0.175. The number of esters is 1. The standard InChI is InChI=1S/C11H11NO4/c1-15-11(14)7-3-2-4-8-10(7)12-9(13)5-6-16-8/h2-4H,5-6H2,1H3,(H,12,13). The van der Waals surface area contributed by atoms with Crippen molar-refractivity contribution in [1.82, 2.24) is 0 Å². The van der Waals surface area contributed by atoms with Gasteiger partial charge in [-0.3, -0.25) is 4.79 Å². The van der Waals surface area contributed by atoms with Gasteiger partial charge in [-0.05, 0) is 12.1 Å². The molecular weight excluding hydrogens is 210 g/mol. The smallest absolute Gasteiger partial charge is 0.340 e. The Morgan fingerprint density at radius 3 is 3.06 bits per heavy atom. The summed E-state index contributed by atoms with van der Waals surface area (Å²) in [7, 11) is 1.29. The van der Waals surface area contributed by atoms with Crippen molar-refractivity contribution in [2.24, 2.45) is 0 Å². The molecule has 1 aliphatic heterocycles. The number of methoxy groups -OCH3 is 1. The van der Waals surface area contributed by atoms with E-state index >= 15 is 0 Å². The Morgan fingerprint density at radius 2 is 2.31 bits per heavy atom. The van der Waals surface area contributed by atoms with Gasteiger partial charge >= 0.3 is 5.97 Å². The van der Waals surface area contributed by atoms with Gasteiger partial charge in [0.05, 0.1) is 31.4 Å². The van der Waals surface area contributed by atoms with Crippen LogP contribution in [-0.2, 0) is 9.53 Å². The molecule has 0 unspecified atom stereocenters. The number of ether oxygens (including phenoxy) is 2. The highest BCUT2D eigenvalue weighted by molar-refractivity contribution is 6.03. The highest BCUT2D eigenvalue weighted by atomic mass is 16.5. The molecule has 1 amide bonds. The maximum atomic E-state index is 11.5. The zero-order chi connectivity index (χ0) is 11.5. The molecule has 0 spiro atoms. The van der Waals surface area contributed by atoms with Gasteiger partial charge in [-0.2, -0.15) is 0 Å². The first-order valence-corrected chi connectivity index (χ1v) is 4.86. The van der Waals surface area contributed by atoms with E-state index in [0.29, 0.717) is 23.6 Å². The Labute approximate surface area is 92.4 Å². The molecule has 84 valence electrons. The SMILES string of the molecule is COC(=O)c1cccc2c1NC(=O)CCO2. The molecule has 16 heavy (non-hydrogen) atoms. The van der Waals surface area contributed by atoms with Gasteiger partial charge in [-0.15, -0.1) is 0 Å². The molecule has 1 heterocycles. The largest absolute Gasteiger partial charge is 0.491 e. The third-order valence-corrected chi connectivity index (χ3v) is 2.28. The van der Waals surface area contributed by atoms with Gasteiger partial charge in [0.15, 0.2) is 0 Å². The predicted octanol–water partition coefficient (Wildman–Crippen LogP) is 1.19. The van der Waals surface area contributed by atoms with Crippen LogP contribution >= 0.6 is 0 Å². The number of anilines is 1. The molecule has 0 fully saturated rings. The first kappa shape index (κ1) is 10.5. The lowest BCUT2D eigenvalue weighted by molar-refractivity contribution is -0.116. The zero-order valence-electron chi connectivity index (χ0n) is 8.78. The van der Waals surface area contributed by atoms with Gasteiger partial charge in [0.25, 0.3) is 0 Å². The fraction of sp³-hybridized carbons (Fsp3) is 0.273. The number of para-hydroxylation sites is 1. The van der Waals surface area contributed by atoms with Gasteiger partial charge in [0.1, 0.15) is 5.75 Å². The molecule has 5 heteroatoms. The second-order valence-corrected chi connectivity index (χ2v) is 3.32. The highest BCUT2D eigenvalue weighted by Gasteiger charge is 2.20. The minimum atomic E-state index is -0.498. The predicted molar refractivity (Wildman–Crippen MR) is 56.5 cm³/mol. The first-order chi connectivity index (χ1) is 7.72. The lowest BCUT2D eigenvalue weighted by Gasteiger charge is -2.10. The first-order valence-electron chi connectivity index (χ1n) is 4.86. The molecule has 1 N–H and O–H groups in total. The van der Waals surface area contributed by atoms with Gasteiger partial charge in [0, 0.05) is 0 Å². The van der Waals surface area contributed by atoms with Gasteiger partial charge in [-0.1, -0.05) is 6.07 Å². The fourth-order valence-corrected chi connectivity index (χ4v) is 1.52. The number of carbonyl (C=O) groups excluding carboxylic acids is 2. The number of hydrogen-bond acceptors (Lipinski definition) is 4. The molecule has 0 aliphatic carbocycles. The number of fused-ring (bicyclic) bond motifs is 1. The molecule has 0 saturated carbocycles. The van der Waals surface area contributed by atoms with Crippen LogP contribution in [0.4, 0.5) is 5.69 Å². The Morgan fingerprint density at radius 1 is 1.50 bits per heavy atom. The molecule has 0 bridgehead atoms. The van der Waals surface area contributed by atoms with Crippen LogP contribution in [-0.4, -0.2) is 25.6 Å². The minimum absolute atomic E-state index is 0.171.